The zero-order chi connectivity index (χ0) is 7.40. The van der Waals surface area contributed by atoms with Gasteiger partial charge in [-0.15, -0.1) is 0 Å². The smallest absolute Gasteiger partial charge is 0.860 e. The minimum Gasteiger partial charge on any atom is -0.860 e. The molecule has 0 aliphatic rings. The zero-order valence-electron chi connectivity index (χ0n) is 7.19. The van der Waals surface area contributed by atoms with Crippen molar-refractivity contribution in [1.82, 2.24) is 0 Å². The number of hydrogen-bond donors (Lipinski definition) is 0. The van der Waals surface area contributed by atoms with E-state index in [1.54, 1.807) is 30.3 Å². The fourth-order valence-electron chi connectivity index (χ4n) is 0.610. The summed E-state index contributed by atoms with van der Waals surface area (Å²) >= 11 is 0. The summed E-state index contributed by atoms with van der Waals surface area (Å²) in [5.74, 6) is 0.317. The molecule has 0 aliphatic carbocycles. The maximum atomic E-state index is 9.92. The van der Waals surface area contributed by atoms with Crippen molar-refractivity contribution in [3.05, 3.63) is 30.3 Å². The molecule has 0 amide bonds. The summed E-state index contributed by atoms with van der Waals surface area (Å²) in [7, 11) is -2.23. The Balaban J connectivity index is 0. The van der Waals surface area contributed by atoms with Gasteiger partial charge in [0.2, 0.25) is 0 Å². The Labute approximate surface area is 116 Å². The van der Waals surface area contributed by atoms with Crippen LogP contribution in [0.2, 0.25) is 0 Å². The molecule has 0 saturated carbocycles. The zero-order valence-corrected chi connectivity index (χ0v) is 11.2. The molecular weight excluding hydrogens is 177 g/mol. The van der Waals surface area contributed by atoms with Crippen LogP contribution in [-0.4, -0.2) is 7.32 Å². The SMILES string of the molecule is [Na+].[Na+].[O-]B([O-])Oc1ccccc1. The Morgan fingerprint density at radius 2 is 1.50 bits per heavy atom. The van der Waals surface area contributed by atoms with Crippen LogP contribution >= 0.6 is 0 Å². The van der Waals surface area contributed by atoms with Crippen LogP contribution in [-0.2, 0) is 0 Å². The third-order valence-corrected chi connectivity index (χ3v) is 0.976. The molecule has 0 aliphatic heterocycles. The van der Waals surface area contributed by atoms with Crippen molar-refractivity contribution in [3.63, 3.8) is 0 Å². The van der Waals surface area contributed by atoms with Crippen molar-refractivity contribution >= 4 is 7.32 Å². The Morgan fingerprint density at radius 3 is 1.92 bits per heavy atom. The molecule has 0 heterocycles. The molecule has 52 valence electrons. The van der Waals surface area contributed by atoms with E-state index >= 15 is 0 Å². The van der Waals surface area contributed by atoms with Gasteiger partial charge in [0.05, 0.1) is 5.75 Å². The molecule has 12 heavy (non-hydrogen) atoms. The molecule has 0 unspecified atom stereocenters. The Kier molecular flexibility index (Phi) is 11.1. The van der Waals surface area contributed by atoms with Crippen LogP contribution in [0.25, 0.3) is 0 Å². The first-order valence-corrected chi connectivity index (χ1v) is 2.82. The Bertz CT molecular complexity index is 195. The van der Waals surface area contributed by atoms with Crippen LogP contribution in [0.4, 0.5) is 0 Å². The number of hydrogen-bond acceptors (Lipinski definition) is 3. The van der Waals surface area contributed by atoms with Crippen LogP contribution in [0.5, 0.6) is 5.75 Å². The van der Waals surface area contributed by atoms with Crippen molar-refractivity contribution < 1.29 is 73.8 Å². The Hall–Kier alpha value is 1.00. The fraction of sp³-hybridized carbons (Fsp3) is 0. The predicted octanol–water partition coefficient (Wildman–Crippen LogP) is -7.22. The molecule has 1 rings (SSSR count). The molecule has 0 radical (unpaired) electrons. The minimum atomic E-state index is -2.23. The largest absolute Gasteiger partial charge is 1.00 e. The van der Waals surface area contributed by atoms with Crippen molar-refractivity contribution in [3.8, 4) is 5.75 Å². The van der Waals surface area contributed by atoms with E-state index in [2.05, 4.69) is 4.65 Å². The second-order valence-electron chi connectivity index (χ2n) is 1.72. The van der Waals surface area contributed by atoms with Crippen LogP contribution < -0.4 is 73.8 Å². The summed E-state index contributed by atoms with van der Waals surface area (Å²) in [5.41, 5.74) is 0. The van der Waals surface area contributed by atoms with Crippen molar-refractivity contribution in [2.24, 2.45) is 0 Å². The van der Waals surface area contributed by atoms with Crippen LogP contribution in [0, 0.1) is 0 Å². The van der Waals surface area contributed by atoms with E-state index in [9.17, 15) is 10.0 Å². The first-order chi connectivity index (χ1) is 4.79. The number of para-hydroxylation sites is 1. The summed E-state index contributed by atoms with van der Waals surface area (Å²) in [4.78, 5) is 0. The quantitative estimate of drug-likeness (QED) is 0.427. The third-order valence-electron chi connectivity index (χ3n) is 0.976. The van der Waals surface area contributed by atoms with Gasteiger partial charge < -0.3 is 14.7 Å². The van der Waals surface area contributed by atoms with Gasteiger partial charge in [0.1, 0.15) is 7.32 Å². The van der Waals surface area contributed by atoms with Crippen LogP contribution in [0.1, 0.15) is 0 Å². The molecule has 1 aromatic carbocycles. The number of rotatable bonds is 2. The first kappa shape index (κ1) is 15.5. The van der Waals surface area contributed by atoms with E-state index in [1.165, 1.54) is 0 Å². The van der Waals surface area contributed by atoms with E-state index in [0.29, 0.717) is 5.75 Å². The molecular formula is C6H5BNa2O3. The first-order valence-electron chi connectivity index (χ1n) is 2.82. The predicted molar refractivity (Wildman–Crippen MR) is 32.8 cm³/mol. The average Bonchev–Trinajstić information content (AvgIpc) is 1.88. The third kappa shape index (κ3) is 6.51. The molecule has 0 spiro atoms. The summed E-state index contributed by atoms with van der Waals surface area (Å²) in [6.45, 7) is 0. The van der Waals surface area contributed by atoms with Crippen molar-refractivity contribution in [2.45, 2.75) is 0 Å². The van der Waals surface area contributed by atoms with Gasteiger partial charge >= 0.3 is 59.1 Å². The van der Waals surface area contributed by atoms with Crippen LogP contribution in [0.15, 0.2) is 30.3 Å². The van der Waals surface area contributed by atoms with Crippen molar-refractivity contribution in [1.29, 1.82) is 0 Å². The normalized spacial score (nSPS) is 7.50. The summed E-state index contributed by atoms with van der Waals surface area (Å²) in [6, 6.07) is 8.28. The topological polar surface area (TPSA) is 55.3 Å². The molecule has 3 nitrogen and oxygen atoms in total. The van der Waals surface area contributed by atoms with Gasteiger partial charge in [-0.1, -0.05) is 18.2 Å². The molecule has 0 N–H and O–H groups in total. The molecule has 1 aromatic rings. The van der Waals surface area contributed by atoms with E-state index in [-0.39, 0.29) is 59.1 Å². The van der Waals surface area contributed by atoms with E-state index in [0.717, 1.165) is 0 Å². The monoisotopic (exact) mass is 182 g/mol. The van der Waals surface area contributed by atoms with E-state index < -0.39 is 7.32 Å². The molecule has 6 heteroatoms. The maximum absolute atomic E-state index is 9.92. The van der Waals surface area contributed by atoms with E-state index in [1.807, 2.05) is 0 Å². The van der Waals surface area contributed by atoms with Gasteiger partial charge in [-0.05, 0) is 12.1 Å². The van der Waals surface area contributed by atoms with Gasteiger partial charge in [0.25, 0.3) is 0 Å². The van der Waals surface area contributed by atoms with E-state index in [4.69, 9.17) is 0 Å². The Morgan fingerprint density at radius 1 is 1.00 bits per heavy atom. The maximum Gasteiger partial charge on any atom is 1.00 e. The average molecular weight is 182 g/mol. The second kappa shape index (κ2) is 8.60. The summed E-state index contributed by atoms with van der Waals surface area (Å²) < 4.78 is 4.30. The van der Waals surface area contributed by atoms with Gasteiger partial charge in [-0.2, -0.15) is 0 Å². The summed E-state index contributed by atoms with van der Waals surface area (Å²) in [5, 5.41) is 19.8. The van der Waals surface area contributed by atoms with Gasteiger partial charge in [-0.25, -0.2) is 0 Å². The molecule has 0 fully saturated rings. The fourth-order valence-corrected chi connectivity index (χ4v) is 0.610. The van der Waals surface area contributed by atoms with Gasteiger partial charge in [0, 0.05) is 0 Å². The van der Waals surface area contributed by atoms with Crippen LogP contribution in [0.3, 0.4) is 0 Å². The van der Waals surface area contributed by atoms with Gasteiger partial charge in [0.15, 0.2) is 0 Å². The molecule has 0 atom stereocenters. The molecule has 0 aromatic heterocycles. The number of benzene rings is 1. The molecule has 0 bridgehead atoms. The minimum absolute atomic E-state index is 0. The standard InChI is InChI=1S/C6H5BO3.2Na/c8-7(9)10-6-4-2-1-3-5-6;;/h1-5H;;/q-2;2*+1. The van der Waals surface area contributed by atoms with Crippen molar-refractivity contribution in [2.75, 3.05) is 0 Å². The summed E-state index contributed by atoms with van der Waals surface area (Å²) in [6.07, 6.45) is 0. The van der Waals surface area contributed by atoms with Gasteiger partial charge in [-0.3, -0.25) is 0 Å². The second-order valence-corrected chi connectivity index (χ2v) is 1.72. The molecule has 0 saturated heterocycles.